The maximum atomic E-state index is 13.6. The summed E-state index contributed by atoms with van der Waals surface area (Å²) in [6.07, 6.45) is 5.40. The topological polar surface area (TPSA) is 55.1 Å². The van der Waals surface area contributed by atoms with E-state index in [-0.39, 0.29) is 16.2 Å². The number of hydrogen-bond acceptors (Lipinski definition) is 4. The number of pyridine rings is 1. The summed E-state index contributed by atoms with van der Waals surface area (Å²) in [6, 6.07) is 10.0. The second-order valence-corrected chi connectivity index (χ2v) is 7.86. The molecule has 1 aromatic carbocycles. The fourth-order valence-electron chi connectivity index (χ4n) is 3.47. The maximum absolute atomic E-state index is 13.6. The lowest BCUT2D eigenvalue weighted by Crippen LogP contribution is -2.18. The summed E-state index contributed by atoms with van der Waals surface area (Å²) in [5.41, 5.74) is 3.25. The van der Waals surface area contributed by atoms with Gasteiger partial charge in [0.05, 0.1) is 28.0 Å². The molecular formula is C22H20Cl2FN5. The Kier molecular flexibility index (Phi) is 5.88. The van der Waals surface area contributed by atoms with Crippen molar-refractivity contribution >= 4 is 34.7 Å². The lowest BCUT2D eigenvalue weighted by Gasteiger charge is -2.20. The standard InChI is InChI=1S/C22H20Cl2FN5/c1-3-6-13(2)28-22-19(15-9-8-14(25)11-17(15)23)20(24)29-21-16(12-27-30(21)22)18-7-4-5-10-26-18/h4-5,7-13,28H,3,6H2,1-2H3. The number of nitrogens with zero attached hydrogens (tertiary/aromatic N) is 4. The Labute approximate surface area is 183 Å². The van der Waals surface area contributed by atoms with Crippen molar-refractivity contribution in [2.75, 3.05) is 5.32 Å². The molecule has 0 aliphatic heterocycles. The van der Waals surface area contributed by atoms with E-state index >= 15 is 0 Å². The smallest absolute Gasteiger partial charge is 0.168 e. The Morgan fingerprint density at radius 1 is 1.17 bits per heavy atom. The highest BCUT2D eigenvalue weighted by Gasteiger charge is 2.22. The number of hydrogen-bond donors (Lipinski definition) is 1. The zero-order valence-electron chi connectivity index (χ0n) is 16.5. The summed E-state index contributed by atoms with van der Waals surface area (Å²) >= 11 is 13.0. The molecule has 0 fully saturated rings. The predicted molar refractivity (Wildman–Crippen MR) is 120 cm³/mol. The Bertz CT molecular complexity index is 1190. The second kappa shape index (κ2) is 8.58. The van der Waals surface area contributed by atoms with Gasteiger partial charge in [-0.1, -0.05) is 42.6 Å². The lowest BCUT2D eigenvalue weighted by atomic mass is 10.1. The lowest BCUT2D eigenvalue weighted by molar-refractivity contribution is 0.628. The van der Waals surface area contributed by atoms with E-state index in [1.807, 2.05) is 18.2 Å². The third-order valence-electron chi connectivity index (χ3n) is 4.85. The van der Waals surface area contributed by atoms with Crippen molar-refractivity contribution in [3.8, 4) is 22.4 Å². The number of aromatic nitrogens is 4. The number of halogens is 3. The molecule has 1 N–H and O–H groups in total. The molecule has 1 unspecified atom stereocenters. The maximum Gasteiger partial charge on any atom is 0.168 e. The molecular weight excluding hydrogens is 424 g/mol. The number of nitrogens with one attached hydrogen (secondary N) is 1. The van der Waals surface area contributed by atoms with Gasteiger partial charge in [-0.05, 0) is 43.7 Å². The molecule has 154 valence electrons. The predicted octanol–water partition coefficient (Wildman–Crippen LogP) is 6.50. The highest BCUT2D eigenvalue weighted by atomic mass is 35.5. The Morgan fingerprint density at radius 2 is 2.00 bits per heavy atom. The Hall–Kier alpha value is -2.70. The SMILES string of the molecule is CCCC(C)Nc1c(-c2ccc(F)cc2Cl)c(Cl)nc2c(-c3ccccn3)cnn12. The normalized spacial score (nSPS) is 12.3. The van der Waals surface area contributed by atoms with Gasteiger partial charge in [0.25, 0.3) is 0 Å². The van der Waals surface area contributed by atoms with E-state index < -0.39 is 5.82 Å². The fraction of sp³-hybridized carbons (Fsp3) is 0.227. The van der Waals surface area contributed by atoms with Crippen LogP contribution in [0.5, 0.6) is 0 Å². The first-order valence-corrected chi connectivity index (χ1v) is 10.5. The molecule has 0 aliphatic rings. The molecule has 30 heavy (non-hydrogen) atoms. The Balaban J connectivity index is 1.98. The average Bonchev–Trinajstić information content (AvgIpc) is 3.13. The summed E-state index contributed by atoms with van der Waals surface area (Å²) < 4.78 is 15.4. The van der Waals surface area contributed by atoms with Crippen molar-refractivity contribution < 1.29 is 4.39 Å². The van der Waals surface area contributed by atoms with Gasteiger partial charge in [0, 0.05) is 17.8 Å². The molecule has 0 spiro atoms. The number of rotatable bonds is 6. The van der Waals surface area contributed by atoms with Gasteiger partial charge in [0.15, 0.2) is 5.65 Å². The van der Waals surface area contributed by atoms with Crippen LogP contribution in [0.25, 0.3) is 28.0 Å². The van der Waals surface area contributed by atoms with Crippen LogP contribution in [0.4, 0.5) is 10.2 Å². The summed E-state index contributed by atoms with van der Waals surface area (Å²) in [5.74, 6) is 0.237. The van der Waals surface area contributed by atoms with E-state index in [1.54, 1.807) is 23.0 Å². The van der Waals surface area contributed by atoms with Crippen molar-refractivity contribution in [2.45, 2.75) is 32.7 Å². The average molecular weight is 444 g/mol. The molecule has 0 amide bonds. The highest BCUT2D eigenvalue weighted by Crippen LogP contribution is 2.40. The summed E-state index contributed by atoms with van der Waals surface area (Å²) in [5, 5.41) is 8.56. The van der Waals surface area contributed by atoms with Gasteiger partial charge >= 0.3 is 0 Å². The molecule has 8 heteroatoms. The van der Waals surface area contributed by atoms with Crippen molar-refractivity contribution in [3.63, 3.8) is 0 Å². The summed E-state index contributed by atoms with van der Waals surface area (Å²) in [4.78, 5) is 9.01. The van der Waals surface area contributed by atoms with E-state index in [0.29, 0.717) is 22.6 Å². The second-order valence-electron chi connectivity index (χ2n) is 7.09. The minimum Gasteiger partial charge on any atom is -0.367 e. The Morgan fingerprint density at radius 3 is 2.70 bits per heavy atom. The molecule has 5 nitrogen and oxygen atoms in total. The van der Waals surface area contributed by atoms with Crippen LogP contribution in [-0.4, -0.2) is 25.6 Å². The van der Waals surface area contributed by atoms with E-state index in [2.05, 4.69) is 34.2 Å². The van der Waals surface area contributed by atoms with Gasteiger partial charge in [0.1, 0.15) is 16.8 Å². The van der Waals surface area contributed by atoms with Gasteiger partial charge in [0.2, 0.25) is 0 Å². The van der Waals surface area contributed by atoms with Crippen LogP contribution in [0, 0.1) is 5.82 Å². The van der Waals surface area contributed by atoms with Gasteiger partial charge in [-0.25, -0.2) is 9.37 Å². The quantitative estimate of drug-likeness (QED) is 0.345. The summed E-state index contributed by atoms with van der Waals surface area (Å²) in [7, 11) is 0. The molecule has 0 saturated carbocycles. The van der Waals surface area contributed by atoms with Crippen molar-refractivity contribution in [1.82, 2.24) is 19.6 Å². The molecule has 3 aromatic heterocycles. The molecule has 0 radical (unpaired) electrons. The van der Waals surface area contributed by atoms with E-state index in [9.17, 15) is 4.39 Å². The van der Waals surface area contributed by atoms with Crippen LogP contribution >= 0.6 is 23.2 Å². The third-order valence-corrected chi connectivity index (χ3v) is 5.44. The van der Waals surface area contributed by atoms with E-state index in [4.69, 9.17) is 23.2 Å². The first-order chi connectivity index (χ1) is 14.5. The van der Waals surface area contributed by atoms with Gasteiger partial charge in [-0.15, -0.1) is 0 Å². The first kappa shape index (κ1) is 20.6. The third kappa shape index (κ3) is 3.85. The molecule has 1 atom stereocenters. The molecule has 0 saturated heterocycles. The molecule has 3 heterocycles. The van der Waals surface area contributed by atoms with E-state index in [1.165, 1.54) is 12.1 Å². The first-order valence-electron chi connectivity index (χ1n) is 9.70. The molecule has 4 aromatic rings. The van der Waals surface area contributed by atoms with Crippen LogP contribution in [0.2, 0.25) is 10.2 Å². The molecule has 4 rings (SSSR count). The van der Waals surface area contributed by atoms with E-state index in [0.717, 1.165) is 24.1 Å². The minimum atomic E-state index is -0.417. The molecule has 0 bridgehead atoms. The van der Waals surface area contributed by atoms with Crippen LogP contribution in [-0.2, 0) is 0 Å². The van der Waals surface area contributed by atoms with Gasteiger partial charge < -0.3 is 5.32 Å². The van der Waals surface area contributed by atoms with Crippen molar-refractivity contribution in [1.29, 1.82) is 0 Å². The number of fused-ring (bicyclic) bond motifs is 1. The number of benzene rings is 1. The van der Waals surface area contributed by atoms with Crippen LogP contribution in [0.3, 0.4) is 0 Å². The fourth-order valence-corrected chi connectivity index (χ4v) is 4.00. The zero-order valence-corrected chi connectivity index (χ0v) is 18.0. The van der Waals surface area contributed by atoms with Gasteiger partial charge in [-0.2, -0.15) is 9.61 Å². The highest BCUT2D eigenvalue weighted by molar-refractivity contribution is 6.36. The number of anilines is 1. The molecule has 0 aliphatic carbocycles. The van der Waals surface area contributed by atoms with Crippen molar-refractivity contribution in [2.24, 2.45) is 0 Å². The van der Waals surface area contributed by atoms with Crippen LogP contribution < -0.4 is 5.32 Å². The minimum absolute atomic E-state index is 0.150. The van der Waals surface area contributed by atoms with Gasteiger partial charge in [-0.3, -0.25) is 4.98 Å². The van der Waals surface area contributed by atoms with Crippen LogP contribution in [0.1, 0.15) is 26.7 Å². The monoisotopic (exact) mass is 443 g/mol. The largest absolute Gasteiger partial charge is 0.367 e. The van der Waals surface area contributed by atoms with Crippen LogP contribution in [0.15, 0.2) is 48.8 Å². The van der Waals surface area contributed by atoms with Crippen molar-refractivity contribution in [3.05, 3.63) is 64.8 Å². The summed E-state index contributed by atoms with van der Waals surface area (Å²) in [6.45, 7) is 4.21. The zero-order chi connectivity index (χ0) is 21.3.